The molecule has 0 saturated carbocycles. The van der Waals surface area contributed by atoms with Gasteiger partial charge in [-0.1, -0.05) is 25.1 Å². The standard InChI is InChI=1S/C18H24N4O3S/c1-12(2)17-19-16(20-25-17)7-9-22(13(3)23)14-6-8-21(11-14)18(24)15-5-4-10-26-15/h4-5,10,12,14H,6-9,11H2,1-3H3. The molecule has 140 valence electrons. The molecular formula is C18H24N4O3S. The molecule has 0 spiro atoms. The van der Waals surface area contributed by atoms with Crippen LogP contribution in [-0.4, -0.2) is 57.4 Å². The van der Waals surface area contributed by atoms with E-state index in [0.717, 1.165) is 11.3 Å². The van der Waals surface area contributed by atoms with Crippen molar-refractivity contribution in [1.82, 2.24) is 19.9 Å². The Morgan fingerprint density at radius 3 is 2.88 bits per heavy atom. The second-order valence-electron chi connectivity index (χ2n) is 6.84. The Morgan fingerprint density at radius 1 is 1.46 bits per heavy atom. The molecule has 2 aromatic rings. The molecule has 1 aliphatic heterocycles. The van der Waals surface area contributed by atoms with Crippen LogP contribution in [0, 0.1) is 0 Å². The van der Waals surface area contributed by atoms with E-state index < -0.39 is 0 Å². The summed E-state index contributed by atoms with van der Waals surface area (Å²) in [4.78, 5) is 33.4. The van der Waals surface area contributed by atoms with E-state index in [1.54, 1.807) is 6.92 Å². The average Bonchev–Trinajstić information content (AvgIpc) is 3.35. The molecule has 1 aliphatic rings. The topological polar surface area (TPSA) is 79.5 Å². The Balaban J connectivity index is 1.59. The lowest BCUT2D eigenvalue weighted by Gasteiger charge is -2.27. The SMILES string of the molecule is CC(=O)N(CCc1noc(C(C)C)n1)C1CCN(C(=O)c2cccs2)C1. The summed E-state index contributed by atoms with van der Waals surface area (Å²) >= 11 is 1.45. The summed E-state index contributed by atoms with van der Waals surface area (Å²) in [5.74, 6) is 1.47. The van der Waals surface area contributed by atoms with Crippen molar-refractivity contribution in [1.29, 1.82) is 0 Å². The summed E-state index contributed by atoms with van der Waals surface area (Å²) in [5.41, 5.74) is 0. The molecule has 0 bridgehead atoms. The van der Waals surface area contributed by atoms with Crippen molar-refractivity contribution in [2.75, 3.05) is 19.6 Å². The van der Waals surface area contributed by atoms with Crippen LogP contribution < -0.4 is 0 Å². The molecule has 3 rings (SSSR count). The first-order chi connectivity index (χ1) is 12.5. The number of hydrogen-bond acceptors (Lipinski definition) is 6. The first-order valence-corrected chi connectivity index (χ1v) is 9.76. The van der Waals surface area contributed by atoms with E-state index >= 15 is 0 Å². The predicted molar refractivity (Wildman–Crippen MR) is 98.1 cm³/mol. The van der Waals surface area contributed by atoms with Gasteiger partial charge < -0.3 is 14.3 Å². The minimum absolute atomic E-state index is 0.00741. The van der Waals surface area contributed by atoms with Crippen LogP contribution in [0.5, 0.6) is 0 Å². The fourth-order valence-corrected chi connectivity index (χ4v) is 3.85. The first kappa shape index (κ1) is 18.6. The molecule has 1 fully saturated rings. The number of thiophene rings is 1. The Morgan fingerprint density at radius 2 is 2.27 bits per heavy atom. The van der Waals surface area contributed by atoms with Crippen LogP contribution in [-0.2, 0) is 11.2 Å². The lowest BCUT2D eigenvalue weighted by Crippen LogP contribution is -2.42. The molecule has 0 radical (unpaired) electrons. The predicted octanol–water partition coefficient (Wildman–Crippen LogP) is 2.56. The van der Waals surface area contributed by atoms with Crippen molar-refractivity contribution in [2.24, 2.45) is 0 Å². The van der Waals surface area contributed by atoms with Gasteiger partial charge in [-0.05, 0) is 17.9 Å². The van der Waals surface area contributed by atoms with Crippen LogP contribution in [0.2, 0.25) is 0 Å². The fraction of sp³-hybridized carbons (Fsp3) is 0.556. The smallest absolute Gasteiger partial charge is 0.263 e. The lowest BCUT2D eigenvalue weighted by atomic mass is 10.2. The number of nitrogens with zero attached hydrogens (tertiary/aromatic N) is 4. The Kier molecular flexibility index (Phi) is 5.70. The fourth-order valence-electron chi connectivity index (χ4n) is 3.16. The van der Waals surface area contributed by atoms with Gasteiger partial charge >= 0.3 is 0 Å². The van der Waals surface area contributed by atoms with Crippen LogP contribution in [0.1, 0.15) is 54.5 Å². The highest BCUT2D eigenvalue weighted by Gasteiger charge is 2.32. The van der Waals surface area contributed by atoms with Gasteiger partial charge in [-0.15, -0.1) is 11.3 Å². The molecular weight excluding hydrogens is 352 g/mol. The summed E-state index contributed by atoms with van der Waals surface area (Å²) in [6.45, 7) is 7.33. The van der Waals surface area contributed by atoms with E-state index in [-0.39, 0.29) is 23.8 Å². The maximum absolute atomic E-state index is 12.5. The van der Waals surface area contributed by atoms with Gasteiger partial charge in [0.2, 0.25) is 11.8 Å². The van der Waals surface area contributed by atoms with E-state index in [9.17, 15) is 9.59 Å². The number of likely N-dealkylation sites (tertiary alicyclic amines) is 1. The number of carbonyl (C=O) groups is 2. The number of carbonyl (C=O) groups excluding carboxylic acids is 2. The summed E-state index contributed by atoms with van der Waals surface area (Å²) in [6, 6.07) is 3.75. The van der Waals surface area contributed by atoms with Gasteiger partial charge in [-0.25, -0.2) is 0 Å². The summed E-state index contributed by atoms with van der Waals surface area (Å²) in [5, 5.41) is 5.89. The van der Waals surface area contributed by atoms with E-state index in [1.165, 1.54) is 11.3 Å². The molecule has 8 heteroatoms. The van der Waals surface area contributed by atoms with E-state index in [0.29, 0.717) is 37.8 Å². The zero-order chi connectivity index (χ0) is 18.7. The number of amides is 2. The maximum Gasteiger partial charge on any atom is 0.263 e. The summed E-state index contributed by atoms with van der Waals surface area (Å²) in [6.07, 6.45) is 1.34. The second kappa shape index (κ2) is 7.99. The molecule has 0 N–H and O–H groups in total. The van der Waals surface area contributed by atoms with Gasteiger partial charge in [0.25, 0.3) is 5.91 Å². The minimum Gasteiger partial charge on any atom is -0.339 e. The molecule has 26 heavy (non-hydrogen) atoms. The van der Waals surface area contributed by atoms with Crippen molar-refractivity contribution < 1.29 is 14.1 Å². The van der Waals surface area contributed by atoms with Gasteiger partial charge in [0.15, 0.2) is 5.82 Å². The normalized spacial score (nSPS) is 17.1. The number of rotatable bonds is 6. The average molecular weight is 376 g/mol. The van der Waals surface area contributed by atoms with E-state index in [1.807, 2.05) is 41.2 Å². The van der Waals surface area contributed by atoms with Crippen LogP contribution in [0.15, 0.2) is 22.0 Å². The zero-order valence-electron chi connectivity index (χ0n) is 15.3. The van der Waals surface area contributed by atoms with Gasteiger partial charge in [0.1, 0.15) is 0 Å². The third-order valence-electron chi connectivity index (χ3n) is 4.58. The highest BCUT2D eigenvalue weighted by Crippen LogP contribution is 2.21. The Hall–Kier alpha value is -2.22. The molecule has 7 nitrogen and oxygen atoms in total. The van der Waals surface area contributed by atoms with Crippen LogP contribution >= 0.6 is 11.3 Å². The van der Waals surface area contributed by atoms with Crippen LogP contribution in [0.25, 0.3) is 0 Å². The molecule has 0 aromatic carbocycles. The van der Waals surface area contributed by atoms with E-state index in [2.05, 4.69) is 10.1 Å². The summed E-state index contributed by atoms with van der Waals surface area (Å²) < 4.78 is 5.22. The van der Waals surface area contributed by atoms with Crippen molar-refractivity contribution in [3.63, 3.8) is 0 Å². The first-order valence-electron chi connectivity index (χ1n) is 8.88. The monoisotopic (exact) mass is 376 g/mol. The highest BCUT2D eigenvalue weighted by molar-refractivity contribution is 7.12. The van der Waals surface area contributed by atoms with Crippen molar-refractivity contribution >= 4 is 23.2 Å². The molecule has 1 atom stereocenters. The second-order valence-corrected chi connectivity index (χ2v) is 7.78. The zero-order valence-corrected chi connectivity index (χ0v) is 16.2. The van der Waals surface area contributed by atoms with Crippen molar-refractivity contribution in [3.05, 3.63) is 34.1 Å². The van der Waals surface area contributed by atoms with Crippen molar-refractivity contribution in [3.8, 4) is 0 Å². The van der Waals surface area contributed by atoms with Gasteiger partial charge in [-0.3, -0.25) is 9.59 Å². The molecule has 1 saturated heterocycles. The Labute approximate surface area is 157 Å². The molecule has 2 aromatic heterocycles. The summed E-state index contributed by atoms with van der Waals surface area (Å²) in [7, 11) is 0. The molecule has 0 aliphatic carbocycles. The van der Waals surface area contributed by atoms with Crippen LogP contribution in [0.3, 0.4) is 0 Å². The maximum atomic E-state index is 12.5. The minimum atomic E-state index is 0.00741. The lowest BCUT2D eigenvalue weighted by molar-refractivity contribution is -0.130. The molecule has 1 unspecified atom stereocenters. The van der Waals surface area contributed by atoms with Crippen LogP contribution in [0.4, 0.5) is 0 Å². The third kappa shape index (κ3) is 4.12. The number of hydrogen-bond donors (Lipinski definition) is 0. The quantitative estimate of drug-likeness (QED) is 0.774. The molecule has 3 heterocycles. The highest BCUT2D eigenvalue weighted by atomic mass is 32.1. The Bertz CT molecular complexity index is 756. The van der Waals surface area contributed by atoms with E-state index in [4.69, 9.17) is 4.52 Å². The number of aromatic nitrogens is 2. The van der Waals surface area contributed by atoms with Gasteiger partial charge in [-0.2, -0.15) is 4.98 Å². The van der Waals surface area contributed by atoms with Crippen molar-refractivity contribution in [2.45, 2.75) is 45.6 Å². The third-order valence-corrected chi connectivity index (χ3v) is 5.44. The van der Waals surface area contributed by atoms with Gasteiger partial charge in [0.05, 0.1) is 10.9 Å². The molecule has 2 amide bonds. The largest absolute Gasteiger partial charge is 0.339 e. The van der Waals surface area contributed by atoms with Gasteiger partial charge in [0, 0.05) is 38.9 Å².